The van der Waals surface area contributed by atoms with Crippen molar-refractivity contribution in [2.24, 2.45) is 0 Å². The topological polar surface area (TPSA) is 75.6 Å². The van der Waals surface area contributed by atoms with E-state index in [0.717, 1.165) is 24.0 Å². The van der Waals surface area contributed by atoms with Gasteiger partial charge in [-0.2, -0.15) is 0 Å². The number of para-hydroxylation sites is 2. The van der Waals surface area contributed by atoms with Gasteiger partial charge in [-0.05, 0) is 60.6 Å². The van der Waals surface area contributed by atoms with Crippen molar-refractivity contribution >= 4 is 23.1 Å². The molecule has 0 aliphatic heterocycles. The lowest BCUT2D eigenvalue weighted by atomic mass is 10.0. The van der Waals surface area contributed by atoms with Crippen molar-refractivity contribution in [3.05, 3.63) is 102 Å². The molecule has 0 fully saturated rings. The normalized spacial score (nSPS) is 11.1. The van der Waals surface area contributed by atoms with Gasteiger partial charge in [-0.25, -0.2) is 0 Å². The summed E-state index contributed by atoms with van der Waals surface area (Å²) < 4.78 is 5.65. The Morgan fingerprint density at radius 3 is 2.21 bits per heavy atom. The highest BCUT2D eigenvalue weighted by Crippen LogP contribution is 2.24. The van der Waals surface area contributed by atoms with E-state index in [9.17, 15) is 9.59 Å². The molecule has 0 atom stereocenters. The van der Waals surface area contributed by atoms with Crippen LogP contribution in [0.5, 0.6) is 5.75 Å². The lowest BCUT2D eigenvalue weighted by Gasteiger charge is -2.11. The predicted octanol–water partition coefficient (Wildman–Crippen LogP) is 5.76. The molecule has 3 rings (SSSR count). The van der Waals surface area contributed by atoms with Gasteiger partial charge in [0, 0.05) is 12.5 Å². The molecule has 0 saturated carbocycles. The number of carbonyl (C=O) groups is 2. The fourth-order valence-electron chi connectivity index (χ4n) is 3.42. The van der Waals surface area contributed by atoms with Crippen molar-refractivity contribution in [3.63, 3.8) is 0 Å². The number of hydrogen-bond donors (Lipinski definition) is 2. The number of carboxylic acid groups (broad SMARTS) is 1. The van der Waals surface area contributed by atoms with Crippen LogP contribution in [-0.4, -0.2) is 23.6 Å². The molecule has 2 N–H and O–H groups in total. The van der Waals surface area contributed by atoms with Gasteiger partial charge in [0.05, 0.1) is 12.3 Å². The van der Waals surface area contributed by atoms with Crippen LogP contribution in [0.4, 0.5) is 5.69 Å². The smallest absolute Gasteiger partial charge is 0.303 e. The second-order valence-corrected chi connectivity index (χ2v) is 7.84. The summed E-state index contributed by atoms with van der Waals surface area (Å²) in [5.41, 5.74) is 4.99. The van der Waals surface area contributed by atoms with E-state index in [2.05, 4.69) is 41.7 Å². The van der Waals surface area contributed by atoms with Crippen LogP contribution in [-0.2, 0) is 22.4 Å². The fraction of sp³-hybridized carbons (Fsp3) is 0.214. The molecular weight excluding hydrogens is 414 g/mol. The Labute approximate surface area is 194 Å². The molecule has 0 bridgehead atoms. The van der Waals surface area contributed by atoms with Crippen LogP contribution in [0.2, 0.25) is 0 Å². The highest BCUT2D eigenvalue weighted by Gasteiger charge is 2.08. The third-order valence-electron chi connectivity index (χ3n) is 5.24. The molecule has 0 heterocycles. The van der Waals surface area contributed by atoms with E-state index in [1.165, 1.54) is 11.1 Å². The lowest BCUT2D eigenvalue weighted by molar-refractivity contribution is -0.137. The molecule has 0 saturated heterocycles. The van der Waals surface area contributed by atoms with Crippen LogP contribution in [0, 0.1) is 0 Å². The molecule has 3 aromatic carbocycles. The van der Waals surface area contributed by atoms with Crippen molar-refractivity contribution in [3.8, 4) is 5.75 Å². The minimum Gasteiger partial charge on any atom is -0.491 e. The maximum atomic E-state index is 12.6. The van der Waals surface area contributed by atoms with Gasteiger partial charge < -0.3 is 15.2 Å². The van der Waals surface area contributed by atoms with E-state index in [4.69, 9.17) is 9.84 Å². The monoisotopic (exact) mass is 443 g/mol. The number of anilines is 1. The summed E-state index contributed by atoms with van der Waals surface area (Å²) in [6.07, 6.45) is 3.98. The summed E-state index contributed by atoms with van der Waals surface area (Å²) in [5.74, 6) is -0.586. The Bertz CT molecular complexity index is 1090. The lowest BCUT2D eigenvalue weighted by Crippen LogP contribution is -2.11. The van der Waals surface area contributed by atoms with Crippen LogP contribution >= 0.6 is 0 Å². The van der Waals surface area contributed by atoms with Gasteiger partial charge in [0.2, 0.25) is 5.91 Å². The van der Waals surface area contributed by atoms with Gasteiger partial charge in [0.1, 0.15) is 5.75 Å². The van der Waals surface area contributed by atoms with E-state index in [-0.39, 0.29) is 18.9 Å². The standard InChI is InChI=1S/C28H29NO4/c1-21(24-17-15-23(16-18-24)14-13-22-8-3-2-4-9-22)20-27(30)29-25-10-5-6-11-26(25)33-19-7-12-28(31)32/h2-6,8-11,15-18,20H,7,12-14,19H2,1H3,(H,29,30)(H,31,32). The number of ether oxygens (including phenoxy) is 1. The Kier molecular flexibility index (Phi) is 8.83. The Balaban J connectivity index is 1.56. The molecule has 0 aromatic heterocycles. The van der Waals surface area contributed by atoms with Crippen LogP contribution in [0.25, 0.3) is 5.57 Å². The number of amides is 1. The van der Waals surface area contributed by atoms with Crippen molar-refractivity contribution in [2.75, 3.05) is 11.9 Å². The largest absolute Gasteiger partial charge is 0.491 e. The number of rotatable bonds is 11. The quantitative estimate of drug-likeness (QED) is 0.292. The number of aryl methyl sites for hydroxylation is 2. The van der Waals surface area contributed by atoms with Crippen LogP contribution in [0.15, 0.2) is 84.9 Å². The minimum atomic E-state index is -0.856. The van der Waals surface area contributed by atoms with E-state index < -0.39 is 5.97 Å². The Morgan fingerprint density at radius 1 is 0.879 bits per heavy atom. The predicted molar refractivity (Wildman–Crippen MR) is 131 cm³/mol. The number of carboxylic acids is 1. The summed E-state index contributed by atoms with van der Waals surface area (Å²) in [6, 6.07) is 25.8. The van der Waals surface area contributed by atoms with Gasteiger partial charge in [-0.3, -0.25) is 9.59 Å². The number of nitrogens with one attached hydrogen (secondary N) is 1. The van der Waals surface area contributed by atoms with E-state index in [1.807, 2.05) is 37.3 Å². The maximum Gasteiger partial charge on any atom is 0.303 e. The fourth-order valence-corrected chi connectivity index (χ4v) is 3.42. The molecule has 5 nitrogen and oxygen atoms in total. The van der Waals surface area contributed by atoms with E-state index in [0.29, 0.717) is 17.9 Å². The SMILES string of the molecule is CC(=CC(=O)Nc1ccccc1OCCCC(=O)O)c1ccc(CCc2ccccc2)cc1. The van der Waals surface area contributed by atoms with Gasteiger partial charge in [0.25, 0.3) is 0 Å². The summed E-state index contributed by atoms with van der Waals surface area (Å²) >= 11 is 0. The number of benzene rings is 3. The maximum absolute atomic E-state index is 12.6. The molecule has 0 spiro atoms. The molecule has 3 aromatic rings. The summed E-state index contributed by atoms with van der Waals surface area (Å²) in [6.45, 7) is 2.18. The molecule has 5 heteroatoms. The van der Waals surface area contributed by atoms with Crippen LogP contribution in [0.1, 0.15) is 36.5 Å². The highest BCUT2D eigenvalue weighted by atomic mass is 16.5. The first-order chi connectivity index (χ1) is 16.0. The Morgan fingerprint density at radius 2 is 1.52 bits per heavy atom. The third kappa shape index (κ3) is 7.96. The average Bonchev–Trinajstić information content (AvgIpc) is 2.82. The average molecular weight is 444 g/mol. The molecule has 1 amide bonds. The summed E-state index contributed by atoms with van der Waals surface area (Å²) in [4.78, 5) is 23.2. The molecule has 0 unspecified atom stereocenters. The molecule has 33 heavy (non-hydrogen) atoms. The second kappa shape index (κ2) is 12.2. The number of aliphatic carboxylic acids is 1. The minimum absolute atomic E-state index is 0.0432. The zero-order valence-electron chi connectivity index (χ0n) is 18.8. The molecule has 0 radical (unpaired) electrons. The second-order valence-electron chi connectivity index (χ2n) is 7.84. The van der Waals surface area contributed by atoms with E-state index in [1.54, 1.807) is 18.2 Å². The van der Waals surface area contributed by atoms with Crippen molar-refractivity contribution in [2.45, 2.75) is 32.6 Å². The van der Waals surface area contributed by atoms with Crippen molar-refractivity contribution in [1.82, 2.24) is 0 Å². The number of carbonyl (C=O) groups excluding carboxylic acids is 1. The first-order valence-corrected chi connectivity index (χ1v) is 11.1. The third-order valence-corrected chi connectivity index (χ3v) is 5.24. The number of allylic oxidation sites excluding steroid dienone is 1. The first-order valence-electron chi connectivity index (χ1n) is 11.1. The summed E-state index contributed by atoms with van der Waals surface area (Å²) in [5, 5.41) is 11.6. The van der Waals surface area contributed by atoms with Gasteiger partial charge in [0.15, 0.2) is 0 Å². The molecule has 0 aliphatic carbocycles. The van der Waals surface area contributed by atoms with Crippen molar-refractivity contribution in [1.29, 1.82) is 0 Å². The van der Waals surface area contributed by atoms with E-state index >= 15 is 0 Å². The molecule has 0 aliphatic rings. The van der Waals surface area contributed by atoms with Crippen LogP contribution < -0.4 is 10.1 Å². The number of hydrogen-bond acceptors (Lipinski definition) is 3. The molecule has 170 valence electrons. The first kappa shape index (κ1) is 23.8. The van der Waals surface area contributed by atoms with Gasteiger partial charge >= 0.3 is 5.97 Å². The van der Waals surface area contributed by atoms with Crippen LogP contribution in [0.3, 0.4) is 0 Å². The van der Waals surface area contributed by atoms with Gasteiger partial charge in [-0.1, -0.05) is 66.7 Å². The zero-order chi connectivity index (χ0) is 23.5. The summed E-state index contributed by atoms with van der Waals surface area (Å²) in [7, 11) is 0. The zero-order valence-corrected chi connectivity index (χ0v) is 18.8. The van der Waals surface area contributed by atoms with Crippen molar-refractivity contribution < 1.29 is 19.4 Å². The van der Waals surface area contributed by atoms with Gasteiger partial charge in [-0.15, -0.1) is 0 Å². The Hall–Kier alpha value is -3.86. The molecular formula is C28H29NO4. The highest BCUT2D eigenvalue weighted by molar-refractivity contribution is 6.04.